The maximum Gasteiger partial charge on any atom is 0.326 e. The first-order valence-corrected chi connectivity index (χ1v) is 9.75. The first-order chi connectivity index (χ1) is 15.6. The molecule has 0 aliphatic carbocycles. The van der Waals surface area contributed by atoms with E-state index >= 15 is 0 Å². The van der Waals surface area contributed by atoms with Gasteiger partial charge in [0.15, 0.2) is 17.0 Å². The van der Waals surface area contributed by atoms with E-state index in [1.165, 1.54) is 12.1 Å². The van der Waals surface area contributed by atoms with Gasteiger partial charge in [0.1, 0.15) is 6.04 Å². The monoisotopic (exact) mass is 518 g/mol. The number of amides is 1. The molecule has 7 N–H and O–H groups in total. The van der Waals surface area contributed by atoms with E-state index in [2.05, 4.69) is 25.3 Å². The van der Waals surface area contributed by atoms with Gasteiger partial charge in [0, 0.05) is 44.2 Å². The number of carboxylic acid groups (broad SMARTS) is 2. The van der Waals surface area contributed by atoms with Gasteiger partial charge >= 0.3 is 11.9 Å². The van der Waals surface area contributed by atoms with Crippen molar-refractivity contribution in [3.05, 3.63) is 41.7 Å². The minimum atomic E-state index is -1.30. The van der Waals surface area contributed by atoms with Crippen LogP contribution in [-0.4, -0.2) is 61.1 Å². The van der Waals surface area contributed by atoms with Gasteiger partial charge in [0.25, 0.3) is 5.91 Å². The van der Waals surface area contributed by atoms with Gasteiger partial charge in [0.05, 0.1) is 18.4 Å². The van der Waals surface area contributed by atoms with Gasteiger partial charge in [0.2, 0.25) is 5.95 Å². The zero-order valence-corrected chi connectivity index (χ0v) is 21.3. The van der Waals surface area contributed by atoms with E-state index in [1.807, 2.05) is 11.9 Å². The minimum Gasteiger partial charge on any atom is -0.481 e. The number of nitrogen functional groups attached to an aromatic ring is 2. The van der Waals surface area contributed by atoms with Gasteiger partial charge in [-0.25, -0.2) is 14.8 Å². The first kappa shape index (κ1) is 26.3. The Balaban J connectivity index is 0.00000408. The molecule has 0 spiro atoms. The number of hydrogen-bond donors (Lipinski definition) is 5. The molecule has 3 rings (SSSR count). The number of anilines is 3. The van der Waals surface area contributed by atoms with Crippen molar-refractivity contribution in [2.45, 2.75) is 25.4 Å². The number of carbonyl (C=O) groups is 3. The minimum absolute atomic E-state index is 0. The Morgan fingerprint density at radius 1 is 1.09 bits per heavy atom. The molecule has 0 fully saturated rings. The quantitative estimate of drug-likeness (QED) is 0.241. The van der Waals surface area contributed by atoms with Crippen LogP contribution in [0.2, 0.25) is 0 Å². The molecule has 0 saturated heterocycles. The fourth-order valence-corrected chi connectivity index (χ4v) is 3.03. The summed E-state index contributed by atoms with van der Waals surface area (Å²) in [6.45, 7) is 0.370. The predicted octanol–water partition coefficient (Wildman–Crippen LogP) is 0.266. The molecular formula is C20H22N8O5Zn. The van der Waals surface area contributed by atoms with Crippen molar-refractivity contribution in [2.24, 2.45) is 0 Å². The molecule has 0 saturated carbocycles. The van der Waals surface area contributed by atoms with Crippen LogP contribution in [0.3, 0.4) is 0 Å². The number of carbonyl (C=O) groups excluding carboxylic acids is 1. The molecular weight excluding hydrogens is 498 g/mol. The average Bonchev–Trinajstić information content (AvgIpc) is 2.76. The second-order valence-electron chi connectivity index (χ2n) is 7.20. The van der Waals surface area contributed by atoms with Crippen molar-refractivity contribution >= 4 is 46.5 Å². The number of nitrogens with one attached hydrogen (secondary N) is 1. The Morgan fingerprint density at radius 2 is 1.76 bits per heavy atom. The number of hydrogen-bond acceptors (Lipinski definition) is 10. The van der Waals surface area contributed by atoms with E-state index in [0.717, 1.165) is 5.69 Å². The van der Waals surface area contributed by atoms with Crippen LogP contribution in [-0.2, 0) is 35.6 Å². The summed E-state index contributed by atoms with van der Waals surface area (Å²) in [7, 11) is 1.82. The Labute approximate surface area is 206 Å². The molecule has 174 valence electrons. The maximum absolute atomic E-state index is 12.4. The zero-order valence-electron chi connectivity index (χ0n) is 18.3. The average molecular weight is 520 g/mol. The van der Waals surface area contributed by atoms with E-state index < -0.39 is 23.9 Å². The molecule has 34 heavy (non-hydrogen) atoms. The van der Waals surface area contributed by atoms with Crippen molar-refractivity contribution < 1.29 is 44.1 Å². The van der Waals surface area contributed by atoms with Crippen LogP contribution in [0.4, 0.5) is 17.5 Å². The number of carboxylic acids is 2. The van der Waals surface area contributed by atoms with Crippen molar-refractivity contribution in [2.75, 3.05) is 23.4 Å². The molecule has 13 nitrogen and oxygen atoms in total. The largest absolute Gasteiger partial charge is 0.481 e. The number of benzene rings is 1. The third-order valence-corrected chi connectivity index (χ3v) is 4.72. The normalized spacial score (nSPS) is 11.3. The summed E-state index contributed by atoms with van der Waals surface area (Å²) in [6.07, 6.45) is 0.964. The zero-order chi connectivity index (χ0) is 24.1. The van der Waals surface area contributed by atoms with E-state index in [-0.39, 0.29) is 49.6 Å². The number of aromatic nitrogens is 4. The van der Waals surface area contributed by atoms with Crippen molar-refractivity contribution in [3.8, 4) is 0 Å². The molecule has 0 aliphatic heterocycles. The third-order valence-electron chi connectivity index (χ3n) is 4.72. The summed E-state index contributed by atoms with van der Waals surface area (Å²) in [5.41, 5.74) is 13.7. The second kappa shape index (κ2) is 11.3. The maximum atomic E-state index is 12.4. The summed E-state index contributed by atoms with van der Waals surface area (Å²) < 4.78 is 0. The van der Waals surface area contributed by atoms with Crippen LogP contribution in [0.5, 0.6) is 0 Å². The molecule has 0 radical (unpaired) electrons. The molecule has 2 aromatic heterocycles. The molecule has 1 amide bonds. The predicted molar refractivity (Wildman–Crippen MR) is 118 cm³/mol. The van der Waals surface area contributed by atoms with Crippen LogP contribution < -0.4 is 21.7 Å². The topological polar surface area (TPSA) is 211 Å². The van der Waals surface area contributed by atoms with E-state index in [9.17, 15) is 19.5 Å². The van der Waals surface area contributed by atoms with Crippen LogP contribution in [0.1, 0.15) is 28.9 Å². The fraction of sp³-hybridized carbons (Fsp3) is 0.250. The SMILES string of the molecule is CN(Cc1cnc2nc(N)nc(N)c2n1)c1ccc(C(=O)NC(CCC(=O)O)C(=O)O)cc1.[Zn]. The number of rotatable bonds is 9. The molecule has 3 aromatic rings. The number of nitrogens with two attached hydrogens (primary N) is 2. The summed E-state index contributed by atoms with van der Waals surface area (Å²) in [5.74, 6) is -2.91. The van der Waals surface area contributed by atoms with Crippen LogP contribution in [0.15, 0.2) is 30.5 Å². The molecule has 0 bridgehead atoms. The smallest absolute Gasteiger partial charge is 0.326 e. The van der Waals surface area contributed by atoms with Crippen LogP contribution in [0, 0.1) is 0 Å². The number of nitrogens with zero attached hydrogens (tertiary/aromatic N) is 5. The summed E-state index contributed by atoms with van der Waals surface area (Å²) in [5, 5.41) is 20.2. The van der Waals surface area contributed by atoms with Gasteiger partial charge < -0.3 is 31.9 Å². The van der Waals surface area contributed by atoms with Gasteiger partial charge in [-0.05, 0) is 30.7 Å². The standard InChI is InChI=1S/C20H22N8O5.Zn/c1-28(9-11-8-23-17-15(24-11)16(21)26-20(22)27-17)12-4-2-10(3-5-12)18(31)25-13(19(32)33)6-7-14(29)30;/h2-5,8,13H,6-7,9H2,1H3,(H,25,31)(H,29,30)(H,32,33)(H4,21,22,23,26,27);. The Kier molecular flexibility index (Phi) is 8.73. The van der Waals surface area contributed by atoms with Gasteiger partial charge in [-0.15, -0.1) is 0 Å². The Morgan fingerprint density at radius 3 is 2.38 bits per heavy atom. The first-order valence-electron chi connectivity index (χ1n) is 9.75. The Hall–Kier alpha value is -3.93. The van der Waals surface area contributed by atoms with E-state index in [4.69, 9.17) is 16.6 Å². The van der Waals surface area contributed by atoms with Crippen LogP contribution >= 0.6 is 0 Å². The molecule has 1 atom stereocenters. The summed E-state index contributed by atoms with van der Waals surface area (Å²) >= 11 is 0. The summed E-state index contributed by atoms with van der Waals surface area (Å²) in [4.78, 5) is 52.7. The van der Waals surface area contributed by atoms with Gasteiger partial charge in [-0.3, -0.25) is 9.59 Å². The van der Waals surface area contributed by atoms with Crippen molar-refractivity contribution in [1.82, 2.24) is 25.3 Å². The number of aliphatic carboxylic acids is 2. The second-order valence-corrected chi connectivity index (χ2v) is 7.20. The van der Waals surface area contributed by atoms with E-state index in [1.54, 1.807) is 18.3 Å². The van der Waals surface area contributed by atoms with E-state index in [0.29, 0.717) is 23.4 Å². The third kappa shape index (κ3) is 6.54. The molecule has 0 aliphatic rings. The van der Waals surface area contributed by atoms with Gasteiger partial charge in [-0.1, -0.05) is 0 Å². The summed E-state index contributed by atoms with van der Waals surface area (Å²) in [6, 6.07) is 5.16. The fourth-order valence-electron chi connectivity index (χ4n) is 3.03. The van der Waals surface area contributed by atoms with Crippen molar-refractivity contribution in [3.63, 3.8) is 0 Å². The van der Waals surface area contributed by atoms with Crippen LogP contribution in [0.25, 0.3) is 11.2 Å². The molecule has 1 unspecified atom stereocenters. The Bertz CT molecular complexity index is 1210. The molecule has 2 heterocycles. The van der Waals surface area contributed by atoms with Crippen molar-refractivity contribution in [1.29, 1.82) is 0 Å². The molecule has 14 heteroatoms. The van der Waals surface area contributed by atoms with Gasteiger partial charge in [-0.2, -0.15) is 9.97 Å². The number of fused-ring (bicyclic) bond motifs is 1. The molecule has 1 aromatic carbocycles.